The van der Waals surface area contributed by atoms with Crippen LogP contribution in [0.1, 0.15) is 11.3 Å². The summed E-state index contributed by atoms with van der Waals surface area (Å²) in [4.78, 5) is 10.8. The van der Waals surface area contributed by atoms with Gasteiger partial charge in [-0.1, -0.05) is 12.1 Å². The Labute approximate surface area is 112 Å². The molecule has 2 rings (SSSR count). The normalized spacial score (nSPS) is 11.6. The Morgan fingerprint density at radius 3 is 2.70 bits per heavy atom. The first kappa shape index (κ1) is 14.1. The molecule has 0 saturated carbocycles. The molecule has 4 nitrogen and oxygen atoms in total. The summed E-state index contributed by atoms with van der Waals surface area (Å²) in [7, 11) is 1.59. The SMILES string of the molecule is Cn1cc(-c2cccc(C(F)(F)F)c2)c(CC(=O)O)n1. The quantitative estimate of drug-likeness (QED) is 0.942. The van der Waals surface area contributed by atoms with Crippen LogP contribution < -0.4 is 0 Å². The summed E-state index contributed by atoms with van der Waals surface area (Å²) in [6.45, 7) is 0. The van der Waals surface area contributed by atoms with Gasteiger partial charge in [0.1, 0.15) is 0 Å². The van der Waals surface area contributed by atoms with Gasteiger partial charge in [0.2, 0.25) is 0 Å². The number of carboxylic acids is 1. The van der Waals surface area contributed by atoms with Crippen molar-refractivity contribution in [1.82, 2.24) is 9.78 Å². The van der Waals surface area contributed by atoms with Crippen molar-refractivity contribution in [2.24, 2.45) is 7.05 Å². The number of carboxylic acid groups (broad SMARTS) is 1. The van der Waals surface area contributed by atoms with Crippen molar-refractivity contribution >= 4 is 5.97 Å². The van der Waals surface area contributed by atoms with E-state index in [9.17, 15) is 18.0 Å². The third kappa shape index (κ3) is 2.98. The lowest BCUT2D eigenvalue weighted by atomic mass is 10.0. The van der Waals surface area contributed by atoms with E-state index in [-0.39, 0.29) is 12.1 Å². The topological polar surface area (TPSA) is 55.1 Å². The van der Waals surface area contributed by atoms with E-state index < -0.39 is 17.7 Å². The standard InChI is InChI=1S/C13H11F3N2O2/c1-18-7-10(11(17-18)6-12(19)20)8-3-2-4-9(5-8)13(14,15)16/h2-5,7H,6H2,1H3,(H,19,20). The molecule has 106 valence electrons. The van der Waals surface area contributed by atoms with Gasteiger partial charge < -0.3 is 5.11 Å². The van der Waals surface area contributed by atoms with E-state index >= 15 is 0 Å². The van der Waals surface area contributed by atoms with E-state index in [2.05, 4.69) is 5.10 Å². The maximum absolute atomic E-state index is 12.7. The van der Waals surface area contributed by atoms with Crippen molar-refractivity contribution in [2.45, 2.75) is 12.6 Å². The van der Waals surface area contributed by atoms with Crippen LogP contribution in [-0.4, -0.2) is 20.9 Å². The molecule has 0 amide bonds. The molecule has 0 bridgehead atoms. The molecule has 1 heterocycles. The minimum atomic E-state index is -4.44. The van der Waals surface area contributed by atoms with E-state index in [4.69, 9.17) is 5.11 Å². The molecule has 0 unspecified atom stereocenters. The molecule has 1 aromatic heterocycles. The number of hydrogen-bond acceptors (Lipinski definition) is 2. The van der Waals surface area contributed by atoms with Gasteiger partial charge in [-0.3, -0.25) is 9.48 Å². The van der Waals surface area contributed by atoms with E-state index in [0.29, 0.717) is 11.1 Å². The van der Waals surface area contributed by atoms with E-state index in [1.807, 2.05) is 0 Å². The predicted octanol–water partition coefficient (Wildman–Crippen LogP) is 2.73. The van der Waals surface area contributed by atoms with Crippen LogP contribution in [0, 0.1) is 0 Å². The molecule has 0 saturated heterocycles. The van der Waals surface area contributed by atoms with Gasteiger partial charge in [0, 0.05) is 18.8 Å². The van der Waals surface area contributed by atoms with Crippen LogP contribution in [0.3, 0.4) is 0 Å². The highest BCUT2D eigenvalue weighted by molar-refractivity contribution is 5.75. The van der Waals surface area contributed by atoms with Crippen molar-refractivity contribution in [3.63, 3.8) is 0 Å². The lowest BCUT2D eigenvalue weighted by Gasteiger charge is -2.08. The predicted molar refractivity (Wildman–Crippen MR) is 65.0 cm³/mol. The van der Waals surface area contributed by atoms with Gasteiger partial charge in [0.05, 0.1) is 17.7 Å². The average Bonchev–Trinajstić information content (AvgIpc) is 2.68. The minimum Gasteiger partial charge on any atom is -0.481 e. The fourth-order valence-corrected chi connectivity index (χ4v) is 1.91. The lowest BCUT2D eigenvalue weighted by Crippen LogP contribution is -2.05. The third-order valence-corrected chi connectivity index (χ3v) is 2.72. The molecule has 0 spiro atoms. The Balaban J connectivity index is 2.49. The molecule has 20 heavy (non-hydrogen) atoms. The number of carbonyl (C=O) groups is 1. The van der Waals surface area contributed by atoms with Crippen molar-refractivity contribution in [3.8, 4) is 11.1 Å². The number of halogens is 3. The van der Waals surface area contributed by atoms with Crippen LogP contribution in [0.5, 0.6) is 0 Å². The van der Waals surface area contributed by atoms with Crippen LogP contribution in [0.25, 0.3) is 11.1 Å². The van der Waals surface area contributed by atoms with Crippen molar-refractivity contribution in [2.75, 3.05) is 0 Å². The van der Waals surface area contributed by atoms with Gasteiger partial charge in [-0.05, 0) is 17.7 Å². The van der Waals surface area contributed by atoms with Gasteiger partial charge >= 0.3 is 12.1 Å². The van der Waals surface area contributed by atoms with Gasteiger partial charge in [0.25, 0.3) is 0 Å². The number of aryl methyl sites for hydroxylation is 1. The summed E-state index contributed by atoms with van der Waals surface area (Å²) in [5.74, 6) is -1.09. The first-order valence-electron chi connectivity index (χ1n) is 5.69. The minimum absolute atomic E-state index is 0.235. The fraction of sp³-hybridized carbons (Fsp3) is 0.231. The Hall–Kier alpha value is -2.31. The molecular formula is C13H11F3N2O2. The molecular weight excluding hydrogens is 273 g/mol. The van der Waals surface area contributed by atoms with Gasteiger partial charge in [-0.2, -0.15) is 18.3 Å². The number of nitrogens with zero attached hydrogens (tertiary/aromatic N) is 2. The van der Waals surface area contributed by atoms with Crippen LogP contribution in [0.4, 0.5) is 13.2 Å². The smallest absolute Gasteiger partial charge is 0.416 e. The lowest BCUT2D eigenvalue weighted by molar-refractivity contribution is -0.138. The first-order valence-corrected chi connectivity index (χ1v) is 5.69. The number of alkyl halides is 3. The zero-order valence-electron chi connectivity index (χ0n) is 10.5. The number of benzene rings is 1. The first-order chi connectivity index (χ1) is 9.27. The van der Waals surface area contributed by atoms with Gasteiger partial charge in [0.15, 0.2) is 0 Å². The molecule has 0 aliphatic heterocycles. The molecule has 2 aromatic rings. The molecule has 0 radical (unpaired) electrons. The number of aliphatic carboxylic acids is 1. The van der Waals surface area contributed by atoms with Crippen molar-refractivity contribution in [3.05, 3.63) is 41.7 Å². The van der Waals surface area contributed by atoms with Crippen LogP contribution in [-0.2, 0) is 24.4 Å². The zero-order chi connectivity index (χ0) is 14.9. The zero-order valence-corrected chi connectivity index (χ0v) is 10.5. The van der Waals surface area contributed by atoms with Crippen molar-refractivity contribution in [1.29, 1.82) is 0 Å². The fourth-order valence-electron chi connectivity index (χ4n) is 1.91. The largest absolute Gasteiger partial charge is 0.481 e. The highest BCUT2D eigenvalue weighted by Crippen LogP contribution is 2.33. The Kier molecular flexibility index (Phi) is 3.52. The molecule has 1 aromatic carbocycles. The summed E-state index contributed by atoms with van der Waals surface area (Å²) in [6.07, 6.45) is -3.27. The maximum Gasteiger partial charge on any atom is 0.416 e. The Bertz CT molecular complexity index is 647. The number of rotatable bonds is 3. The molecule has 0 aliphatic carbocycles. The van der Waals surface area contributed by atoms with Crippen LogP contribution >= 0.6 is 0 Å². The summed E-state index contributed by atoms with van der Waals surface area (Å²) in [5.41, 5.74) is 0.143. The Morgan fingerprint density at radius 1 is 1.40 bits per heavy atom. The monoisotopic (exact) mass is 284 g/mol. The summed E-state index contributed by atoms with van der Waals surface area (Å²) >= 11 is 0. The highest BCUT2D eigenvalue weighted by Gasteiger charge is 2.30. The van der Waals surface area contributed by atoms with E-state index in [1.165, 1.54) is 23.0 Å². The number of aromatic nitrogens is 2. The second-order valence-corrected chi connectivity index (χ2v) is 4.31. The summed E-state index contributed by atoms with van der Waals surface area (Å²) in [5, 5.41) is 12.8. The maximum atomic E-state index is 12.7. The van der Waals surface area contributed by atoms with Gasteiger partial charge in [-0.25, -0.2) is 0 Å². The molecule has 1 N–H and O–H groups in total. The van der Waals surface area contributed by atoms with Crippen LogP contribution in [0.2, 0.25) is 0 Å². The number of hydrogen-bond donors (Lipinski definition) is 1. The second-order valence-electron chi connectivity index (χ2n) is 4.31. The Morgan fingerprint density at radius 2 is 2.10 bits per heavy atom. The van der Waals surface area contributed by atoms with E-state index in [0.717, 1.165) is 12.1 Å². The summed E-state index contributed by atoms with van der Waals surface area (Å²) < 4.78 is 39.4. The molecule has 0 atom stereocenters. The molecule has 0 fully saturated rings. The van der Waals surface area contributed by atoms with Crippen LogP contribution in [0.15, 0.2) is 30.5 Å². The molecule has 7 heteroatoms. The highest BCUT2D eigenvalue weighted by atomic mass is 19.4. The van der Waals surface area contributed by atoms with Gasteiger partial charge in [-0.15, -0.1) is 0 Å². The second kappa shape index (κ2) is 4.99. The summed E-state index contributed by atoms with van der Waals surface area (Å²) in [6, 6.07) is 4.74. The van der Waals surface area contributed by atoms with E-state index in [1.54, 1.807) is 7.05 Å². The third-order valence-electron chi connectivity index (χ3n) is 2.72. The van der Waals surface area contributed by atoms with Crippen molar-refractivity contribution < 1.29 is 23.1 Å². The molecule has 0 aliphatic rings. The average molecular weight is 284 g/mol.